The first-order valence-corrected chi connectivity index (χ1v) is 11.4. The second-order valence-corrected chi connectivity index (χ2v) is 8.47. The fraction of sp³-hybridized carbons (Fsp3) is 0.231. The van der Waals surface area contributed by atoms with Gasteiger partial charge in [-0.15, -0.1) is 0 Å². The molecule has 1 amide bonds. The van der Waals surface area contributed by atoms with Crippen LogP contribution in [0, 0.1) is 0 Å². The van der Waals surface area contributed by atoms with Gasteiger partial charge in [0.15, 0.2) is 6.61 Å². The van der Waals surface area contributed by atoms with Crippen molar-refractivity contribution in [1.29, 1.82) is 0 Å². The summed E-state index contributed by atoms with van der Waals surface area (Å²) in [4.78, 5) is 25.8. The minimum absolute atomic E-state index is 0.110. The maximum absolute atomic E-state index is 12.9. The van der Waals surface area contributed by atoms with Gasteiger partial charge in [0.25, 0.3) is 5.91 Å². The number of likely N-dealkylation sites (N-methyl/N-ethyl adjacent to an activating group) is 1. The van der Waals surface area contributed by atoms with Gasteiger partial charge in [0.1, 0.15) is 11.5 Å². The fourth-order valence-electron chi connectivity index (χ4n) is 3.52. The molecule has 34 heavy (non-hydrogen) atoms. The van der Waals surface area contributed by atoms with E-state index in [1.54, 1.807) is 54.5 Å². The van der Waals surface area contributed by atoms with Crippen LogP contribution in [0.5, 0.6) is 11.5 Å². The summed E-state index contributed by atoms with van der Waals surface area (Å²) in [6.07, 6.45) is -0.144. The largest absolute Gasteiger partial charge is 0.497 e. The zero-order valence-electron chi connectivity index (χ0n) is 18.9. The third-order valence-corrected chi connectivity index (χ3v) is 5.68. The van der Waals surface area contributed by atoms with Gasteiger partial charge >= 0.3 is 5.97 Å². The highest BCUT2D eigenvalue weighted by molar-refractivity contribution is 6.31. The molecule has 0 unspecified atom stereocenters. The van der Waals surface area contributed by atoms with Crippen LogP contribution in [-0.2, 0) is 22.6 Å². The molecule has 1 N–H and O–H groups in total. The smallest absolute Gasteiger partial charge is 0.307 e. The summed E-state index contributed by atoms with van der Waals surface area (Å²) < 4.78 is 11.0. The highest BCUT2D eigenvalue weighted by Crippen LogP contribution is 2.32. The van der Waals surface area contributed by atoms with Gasteiger partial charge in [0.05, 0.1) is 13.5 Å². The van der Waals surface area contributed by atoms with Gasteiger partial charge in [-0.05, 0) is 77.7 Å². The van der Waals surface area contributed by atoms with E-state index in [0.717, 1.165) is 16.7 Å². The van der Waals surface area contributed by atoms with E-state index in [-0.39, 0.29) is 18.9 Å². The van der Waals surface area contributed by atoms with Crippen molar-refractivity contribution in [2.75, 3.05) is 20.3 Å². The Morgan fingerprint density at radius 1 is 0.941 bits per heavy atom. The van der Waals surface area contributed by atoms with Crippen molar-refractivity contribution >= 4 is 35.1 Å². The Morgan fingerprint density at radius 3 is 2.29 bits per heavy atom. The van der Waals surface area contributed by atoms with Gasteiger partial charge in [-0.3, -0.25) is 9.59 Å². The maximum atomic E-state index is 12.9. The zero-order chi connectivity index (χ0) is 24.7. The average Bonchev–Trinajstić information content (AvgIpc) is 2.81. The van der Waals surface area contributed by atoms with Crippen LogP contribution >= 0.6 is 23.2 Å². The average molecular weight is 502 g/mol. The number of ether oxygens (including phenoxy) is 2. The number of carboxylic acids is 1. The molecular formula is C26H25Cl2NO5. The molecule has 0 spiro atoms. The lowest BCUT2D eigenvalue weighted by molar-refractivity contribution is -0.136. The SMILES string of the molecule is CCN(Cc1ccc(OC)cc1-c1cc(Cl)cc(CC(=O)O)c1)C(=O)COc1ccc(Cl)cc1. The molecule has 0 aliphatic rings. The third kappa shape index (κ3) is 6.89. The number of aliphatic carboxylic acids is 1. The van der Waals surface area contributed by atoms with Crippen molar-refractivity contribution in [3.8, 4) is 22.6 Å². The number of nitrogens with zero attached hydrogens (tertiary/aromatic N) is 1. The molecular weight excluding hydrogens is 477 g/mol. The van der Waals surface area contributed by atoms with Crippen molar-refractivity contribution in [3.05, 3.63) is 81.8 Å². The lowest BCUT2D eigenvalue weighted by atomic mass is 9.96. The summed E-state index contributed by atoms with van der Waals surface area (Å²) in [5.41, 5.74) is 3.01. The number of carbonyl (C=O) groups excluding carboxylic acids is 1. The van der Waals surface area contributed by atoms with Gasteiger partial charge in [-0.2, -0.15) is 0 Å². The molecule has 0 aliphatic heterocycles. The van der Waals surface area contributed by atoms with Gasteiger partial charge < -0.3 is 19.5 Å². The van der Waals surface area contributed by atoms with Crippen LogP contribution in [-0.4, -0.2) is 42.1 Å². The summed E-state index contributed by atoms with van der Waals surface area (Å²) >= 11 is 12.2. The van der Waals surface area contributed by atoms with Gasteiger partial charge in [-0.1, -0.05) is 35.3 Å². The molecule has 3 aromatic rings. The highest BCUT2D eigenvalue weighted by Gasteiger charge is 2.17. The molecule has 0 saturated carbocycles. The first-order chi connectivity index (χ1) is 16.3. The van der Waals surface area contributed by atoms with Crippen molar-refractivity contribution in [3.63, 3.8) is 0 Å². The third-order valence-electron chi connectivity index (χ3n) is 5.21. The van der Waals surface area contributed by atoms with E-state index >= 15 is 0 Å². The molecule has 3 rings (SSSR count). The number of halogens is 2. The monoisotopic (exact) mass is 501 g/mol. The van der Waals surface area contributed by atoms with Crippen LogP contribution in [0.1, 0.15) is 18.1 Å². The quantitative estimate of drug-likeness (QED) is 0.384. The van der Waals surface area contributed by atoms with Crippen molar-refractivity contribution in [1.82, 2.24) is 4.90 Å². The van der Waals surface area contributed by atoms with Crippen molar-refractivity contribution in [2.45, 2.75) is 19.9 Å². The van der Waals surface area contributed by atoms with Crippen LogP contribution < -0.4 is 9.47 Å². The van der Waals surface area contributed by atoms with Crippen LogP contribution in [0.15, 0.2) is 60.7 Å². The summed E-state index contributed by atoms with van der Waals surface area (Å²) in [5, 5.41) is 10.2. The predicted octanol–water partition coefficient (Wildman–Crippen LogP) is 5.72. The Kier molecular flexibility index (Phi) is 8.79. The summed E-state index contributed by atoms with van der Waals surface area (Å²) in [6.45, 7) is 2.60. The molecule has 0 bridgehead atoms. The molecule has 0 saturated heterocycles. The Bertz CT molecular complexity index is 1160. The Morgan fingerprint density at radius 2 is 1.65 bits per heavy atom. The van der Waals surface area contributed by atoms with Gasteiger partial charge in [-0.25, -0.2) is 0 Å². The Hall–Kier alpha value is -3.22. The molecule has 0 fully saturated rings. The van der Waals surface area contributed by atoms with Crippen molar-refractivity contribution < 1.29 is 24.2 Å². The van der Waals surface area contributed by atoms with E-state index in [4.69, 9.17) is 32.7 Å². The molecule has 0 aromatic heterocycles. The highest BCUT2D eigenvalue weighted by atomic mass is 35.5. The molecule has 0 heterocycles. The first kappa shape index (κ1) is 25.4. The number of methoxy groups -OCH3 is 1. The van der Waals surface area contributed by atoms with Gasteiger partial charge in [0, 0.05) is 23.1 Å². The summed E-state index contributed by atoms with van der Waals surface area (Å²) in [7, 11) is 1.57. The number of hydrogen-bond acceptors (Lipinski definition) is 4. The number of hydrogen-bond donors (Lipinski definition) is 1. The van der Waals surface area contributed by atoms with E-state index in [1.807, 2.05) is 25.1 Å². The normalized spacial score (nSPS) is 10.6. The number of carboxylic acid groups (broad SMARTS) is 1. The second kappa shape index (κ2) is 11.8. The topological polar surface area (TPSA) is 76.1 Å². The predicted molar refractivity (Wildman–Crippen MR) is 133 cm³/mol. The zero-order valence-corrected chi connectivity index (χ0v) is 20.4. The van der Waals surface area contributed by atoms with E-state index in [2.05, 4.69) is 0 Å². The molecule has 0 aliphatic carbocycles. The van der Waals surface area contributed by atoms with E-state index in [9.17, 15) is 14.7 Å². The second-order valence-electron chi connectivity index (χ2n) is 7.59. The first-order valence-electron chi connectivity index (χ1n) is 10.6. The molecule has 178 valence electrons. The van der Waals surface area contributed by atoms with Crippen LogP contribution in [0.2, 0.25) is 10.0 Å². The Balaban J connectivity index is 1.86. The number of carbonyl (C=O) groups is 2. The number of rotatable bonds is 10. The summed E-state index contributed by atoms with van der Waals surface area (Å²) in [5.74, 6) is 0.0854. The van der Waals surface area contributed by atoms with Crippen LogP contribution in [0.3, 0.4) is 0 Å². The fourth-order valence-corrected chi connectivity index (χ4v) is 3.90. The number of benzene rings is 3. The minimum Gasteiger partial charge on any atom is -0.497 e. The molecule has 0 atom stereocenters. The van der Waals surface area contributed by atoms with Crippen LogP contribution in [0.4, 0.5) is 0 Å². The van der Waals surface area contributed by atoms with Gasteiger partial charge in [0.2, 0.25) is 0 Å². The number of amides is 1. The van der Waals surface area contributed by atoms with E-state index < -0.39 is 5.97 Å². The molecule has 8 heteroatoms. The Labute approximate surface area is 208 Å². The summed E-state index contributed by atoms with van der Waals surface area (Å²) in [6, 6.07) is 17.6. The molecule has 6 nitrogen and oxygen atoms in total. The lowest BCUT2D eigenvalue weighted by Gasteiger charge is -2.23. The van der Waals surface area contributed by atoms with Crippen LogP contribution in [0.25, 0.3) is 11.1 Å². The standard InChI is InChI=1S/C26H25Cl2NO5/c1-3-29(25(30)16-34-22-8-5-20(27)6-9-22)15-18-4-7-23(33-2)14-24(18)19-10-17(12-26(31)32)11-21(28)13-19/h4-11,13-14H,3,12,15-16H2,1-2H3,(H,31,32). The van der Waals surface area contributed by atoms with Crippen molar-refractivity contribution in [2.24, 2.45) is 0 Å². The molecule has 0 radical (unpaired) electrons. The lowest BCUT2D eigenvalue weighted by Crippen LogP contribution is -2.34. The minimum atomic E-state index is -0.942. The molecule has 3 aromatic carbocycles. The van der Waals surface area contributed by atoms with E-state index in [1.165, 1.54) is 0 Å². The van der Waals surface area contributed by atoms with E-state index in [0.29, 0.717) is 40.2 Å². The maximum Gasteiger partial charge on any atom is 0.307 e.